The summed E-state index contributed by atoms with van der Waals surface area (Å²) in [6.07, 6.45) is -1.25. The predicted molar refractivity (Wildman–Crippen MR) is 53.5 cm³/mol. The molecule has 0 aromatic heterocycles. The van der Waals surface area contributed by atoms with Crippen molar-refractivity contribution >= 4 is 11.9 Å². The van der Waals surface area contributed by atoms with Crippen molar-refractivity contribution in [3.05, 3.63) is 0 Å². The molecule has 0 aromatic carbocycles. The molecule has 0 saturated heterocycles. The van der Waals surface area contributed by atoms with Crippen molar-refractivity contribution in [3.8, 4) is 0 Å². The third-order valence-electron chi connectivity index (χ3n) is 1.43. The van der Waals surface area contributed by atoms with Gasteiger partial charge in [0.1, 0.15) is 12.7 Å². The van der Waals surface area contributed by atoms with Gasteiger partial charge in [-0.25, -0.2) is 9.59 Å². The lowest BCUT2D eigenvalue weighted by Crippen LogP contribution is -2.24. The summed E-state index contributed by atoms with van der Waals surface area (Å²) in [4.78, 5) is 21.7. The van der Waals surface area contributed by atoms with E-state index >= 15 is 0 Å². The summed E-state index contributed by atoms with van der Waals surface area (Å²) in [5.41, 5.74) is 5.17. The summed E-state index contributed by atoms with van der Waals surface area (Å²) < 4.78 is 14.0. The van der Waals surface area contributed by atoms with Crippen molar-refractivity contribution in [1.82, 2.24) is 0 Å². The molecule has 0 amide bonds. The van der Waals surface area contributed by atoms with E-state index in [1.54, 1.807) is 0 Å². The highest BCUT2D eigenvalue weighted by Crippen LogP contribution is 1.88. The van der Waals surface area contributed by atoms with Gasteiger partial charge < -0.3 is 25.1 Å². The predicted octanol–water partition coefficient (Wildman–Crippen LogP) is -1.57. The van der Waals surface area contributed by atoms with Gasteiger partial charge in [-0.15, -0.1) is 0 Å². The number of hydrogen-bond acceptors (Lipinski definition) is 7. The van der Waals surface area contributed by atoms with Crippen LogP contribution in [0.15, 0.2) is 0 Å². The number of esters is 2. The maximum atomic E-state index is 10.9. The van der Waals surface area contributed by atoms with E-state index in [2.05, 4.69) is 9.47 Å². The number of aliphatic hydroxyl groups is 1. The highest BCUT2D eigenvalue weighted by Gasteiger charge is 2.12. The summed E-state index contributed by atoms with van der Waals surface area (Å²) in [5.74, 6) is -1.55. The first-order valence-electron chi connectivity index (χ1n) is 4.86. The lowest BCUT2D eigenvalue weighted by molar-refractivity contribution is -0.164. The molecule has 0 bridgehead atoms. The molecule has 1 atom stereocenters. The second-order valence-corrected chi connectivity index (χ2v) is 2.91. The van der Waals surface area contributed by atoms with Crippen molar-refractivity contribution in [3.63, 3.8) is 0 Å². The highest BCUT2D eigenvalue weighted by molar-refractivity contribution is 5.78. The Labute approximate surface area is 93.5 Å². The zero-order valence-corrected chi connectivity index (χ0v) is 9.18. The average Bonchev–Trinajstić information content (AvgIpc) is 2.25. The molecule has 0 fully saturated rings. The van der Waals surface area contributed by atoms with E-state index in [1.807, 2.05) is 0 Å². The fourth-order valence-corrected chi connectivity index (χ4v) is 0.692. The number of carbonyl (C=O) groups excluding carboxylic acids is 2. The van der Waals surface area contributed by atoms with Crippen LogP contribution in [0.25, 0.3) is 0 Å². The third kappa shape index (κ3) is 8.16. The standard InChI is InChI=1S/C9H17NO6/c1-7(11)9(13)16-6-8(12)15-5-4-14-3-2-10/h7,11H,2-6,10H2,1H3. The zero-order chi connectivity index (χ0) is 12.4. The van der Waals surface area contributed by atoms with Gasteiger partial charge in [-0.1, -0.05) is 0 Å². The smallest absolute Gasteiger partial charge is 0.344 e. The number of rotatable bonds is 8. The van der Waals surface area contributed by atoms with Gasteiger partial charge in [0.2, 0.25) is 0 Å². The van der Waals surface area contributed by atoms with Crippen LogP contribution in [0, 0.1) is 0 Å². The maximum Gasteiger partial charge on any atom is 0.344 e. The summed E-state index contributed by atoms with van der Waals surface area (Å²) in [5, 5.41) is 8.75. The Hall–Kier alpha value is -1.18. The normalized spacial score (nSPS) is 11.9. The summed E-state index contributed by atoms with van der Waals surface area (Å²) >= 11 is 0. The van der Waals surface area contributed by atoms with Crippen LogP contribution in [0.1, 0.15) is 6.92 Å². The van der Waals surface area contributed by atoms with E-state index < -0.39 is 24.6 Å². The molecule has 0 saturated carbocycles. The number of hydrogen-bond donors (Lipinski definition) is 2. The SMILES string of the molecule is CC(O)C(=O)OCC(=O)OCCOCCN. The Bertz CT molecular complexity index is 218. The molecule has 0 heterocycles. The van der Waals surface area contributed by atoms with Crippen molar-refractivity contribution < 1.29 is 28.9 Å². The minimum Gasteiger partial charge on any atom is -0.461 e. The van der Waals surface area contributed by atoms with Crippen LogP contribution >= 0.6 is 0 Å². The first kappa shape index (κ1) is 14.8. The van der Waals surface area contributed by atoms with Gasteiger partial charge in [-0.2, -0.15) is 0 Å². The van der Waals surface area contributed by atoms with Crippen LogP contribution in [0.5, 0.6) is 0 Å². The number of nitrogens with two attached hydrogens (primary N) is 1. The average molecular weight is 235 g/mol. The van der Waals surface area contributed by atoms with Gasteiger partial charge >= 0.3 is 11.9 Å². The van der Waals surface area contributed by atoms with Crippen LogP contribution in [0.3, 0.4) is 0 Å². The third-order valence-corrected chi connectivity index (χ3v) is 1.43. The monoisotopic (exact) mass is 235 g/mol. The molecule has 0 radical (unpaired) electrons. The Morgan fingerprint density at radius 1 is 1.25 bits per heavy atom. The minimum atomic E-state index is -1.25. The topological polar surface area (TPSA) is 108 Å². The van der Waals surface area contributed by atoms with Gasteiger partial charge in [0, 0.05) is 6.54 Å². The lowest BCUT2D eigenvalue weighted by atomic mass is 10.4. The van der Waals surface area contributed by atoms with Crippen LogP contribution in [-0.4, -0.2) is 56.1 Å². The molecule has 3 N–H and O–H groups in total. The zero-order valence-electron chi connectivity index (χ0n) is 9.18. The molecule has 0 aliphatic rings. The van der Waals surface area contributed by atoms with Crippen LogP contribution < -0.4 is 5.73 Å². The van der Waals surface area contributed by atoms with E-state index in [4.69, 9.17) is 15.6 Å². The number of ether oxygens (including phenoxy) is 3. The lowest BCUT2D eigenvalue weighted by Gasteiger charge is -2.07. The van der Waals surface area contributed by atoms with Gasteiger partial charge in [0.15, 0.2) is 6.61 Å². The second-order valence-electron chi connectivity index (χ2n) is 2.91. The minimum absolute atomic E-state index is 0.0745. The molecular weight excluding hydrogens is 218 g/mol. The first-order chi connectivity index (χ1) is 7.57. The van der Waals surface area contributed by atoms with Gasteiger partial charge in [-0.05, 0) is 6.92 Å². The van der Waals surface area contributed by atoms with Crippen molar-refractivity contribution in [2.45, 2.75) is 13.0 Å². The molecule has 7 heteroatoms. The van der Waals surface area contributed by atoms with E-state index in [-0.39, 0.29) is 13.2 Å². The molecule has 0 rings (SSSR count). The Kier molecular flexibility index (Phi) is 8.41. The summed E-state index contributed by atoms with van der Waals surface area (Å²) in [6, 6.07) is 0. The Morgan fingerprint density at radius 2 is 1.94 bits per heavy atom. The molecule has 16 heavy (non-hydrogen) atoms. The molecule has 0 aliphatic carbocycles. The maximum absolute atomic E-state index is 10.9. The fourth-order valence-electron chi connectivity index (χ4n) is 0.692. The molecule has 1 unspecified atom stereocenters. The van der Waals surface area contributed by atoms with Gasteiger partial charge in [0.25, 0.3) is 0 Å². The van der Waals surface area contributed by atoms with E-state index in [0.29, 0.717) is 13.2 Å². The van der Waals surface area contributed by atoms with Crippen LogP contribution in [0.2, 0.25) is 0 Å². The quantitative estimate of drug-likeness (QED) is 0.386. The largest absolute Gasteiger partial charge is 0.461 e. The van der Waals surface area contributed by atoms with Crippen LogP contribution in [-0.2, 0) is 23.8 Å². The fraction of sp³-hybridized carbons (Fsp3) is 0.778. The summed E-state index contributed by atoms with van der Waals surface area (Å²) in [7, 11) is 0. The molecular formula is C9H17NO6. The highest BCUT2D eigenvalue weighted by atomic mass is 16.6. The van der Waals surface area contributed by atoms with Crippen molar-refractivity contribution in [2.75, 3.05) is 33.0 Å². The van der Waals surface area contributed by atoms with Gasteiger partial charge in [0.05, 0.1) is 13.2 Å². The number of aliphatic hydroxyl groups excluding tert-OH is 1. The molecule has 0 aromatic rings. The van der Waals surface area contributed by atoms with E-state index in [9.17, 15) is 9.59 Å². The molecule has 0 aliphatic heterocycles. The molecule has 7 nitrogen and oxygen atoms in total. The second kappa shape index (κ2) is 9.08. The summed E-state index contributed by atoms with van der Waals surface area (Å²) in [6.45, 7) is 1.85. The first-order valence-corrected chi connectivity index (χ1v) is 4.86. The Balaban J connectivity index is 3.41. The molecule has 0 spiro atoms. The Morgan fingerprint density at radius 3 is 2.50 bits per heavy atom. The van der Waals surface area contributed by atoms with E-state index in [1.165, 1.54) is 6.92 Å². The molecule has 94 valence electrons. The van der Waals surface area contributed by atoms with Crippen molar-refractivity contribution in [2.24, 2.45) is 5.73 Å². The van der Waals surface area contributed by atoms with Crippen molar-refractivity contribution in [1.29, 1.82) is 0 Å². The van der Waals surface area contributed by atoms with Gasteiger partial charge in [-0.3, -0.25) is 0 Å². The van der Waals surface area contributed by atoms with Crippen LogP contribution in [0.4, 0.5) is 0 Å². The number of carbonyl (C=O) groups is 2. The van der Waals surface area contributed by atoms with E-state index in [0.717, 1.165) is 0 Å².